The van der Waals surface area contributed by atoms with Crippen molar-refractivity contribution in [2.45, 2.75) is 112 Å². The number of carbonyl (C=O) groups is 3. The smallest absolute Gasteiger partial charge is 0.315 e. The minimum Gasteiger partial charge on any atom is -0.378 e. The van der Waals surface area contributed by atoms with Gasteiger partial charge in [-0.05, 0) is 73.6 Å². The highest BCUT2D eigenvalue weighted by atomic mass is 32.2. The second-order valence-corrected chi connectivity index (χ2v) is 15.5. The van der Waals surface area contributed by atoms with Crippen molar-refractivity contribution in [3.8, 4) is 11.1 Å². The van der Waals surface area contributed by atoms with Gasteiger partial charge < -0.3 is 37.1 Å². The van der Waals surface area contributed by atoms with Gasteiger partial charge in [0.15, 0.2) is 0 Å². The van der Waals surface area contributed by atoms with Crippen molar-refractivity contribution >= 4 is 29.6 Å². The van der Waals surface area contributed by atoms with E-state index in [0.29, 0.717) is 74.9 Å². The molecule has 1 unspecified atom stereocenters. The number of fused-ring (bicyclic) bond motifs is 1. The van der Waals surface area contributed by atoms with E-state index in [-0.39, 0.29) is 29.9 Å². The second kappa shape index (κ2) is 17.7. The van der Waals surface area contributed by atoms with Gasteiger partial charge in [-0.25, -0.2) is 4.79 Å². The van der Waals surface area contributed by atoms with Crippen LogP contribution in [-0.2, 0) is 20.7 Å². The minimum atomic E-state index is -0.0601. The Kier molecular flexibility index (Phi) is 12.9. The number of urea groups is 1. The van der Waals surface area contributed by atoms with Gasteiger partial charge in [0.1, 0.15) is 0 Å². The van der Waals surface area contributed by atoms with E-state index in [4.69, 9.17) is 10.5 Å². The summed E-state index contributed by atoms with van der Waals surface area (Å²) in [6.45, 7) is 1.73. The summed E-state index contributed by atoms with van der Waals surface area (Å²) in [5.74, 6) is 1.61. The Morgan fingerprint density at radius 3 is 2.43 bits per heavy atom. The summed E-state index contributed by atoms with van der Waals surface area (Å²) in [4.78, 5) is 36.1. The first kappa shape index (κ1) is 35.7. The Hall–Kier alpha value is -3.12. The average molecular weight is 691 g/mol. The molecule has 11 heteroatoms. The SMILES string of the molecule is NC1CCC(N[C@@H]2CC2c2ccc(-c3cccc(CCC(=O)NCCOCCNC(=O)CCCC[C@@H]4SC[C@@H]5NC(=O)N[C@@H]54)c3)cc2)CC1. The van der Waals surface area contributed by atoms with Crippen molar-refractivity contribution < 1.29 is 19.1 Å². The number of thioether (sulfide) groups is 1. The number of aryl methyl sites for hydroxylation is 1. The van der Waals surface area contributed by atoms with Gasteiger partial charge in [0.25, 0.3) is 0 Å². The fraction of sp³-hybridized carbons (Fsp3) is 0.605. The summed E-state index contributed by atoms with van der Waals surface area (Å²) in [7, 11) is 0. The monoisotopic (exact) mass is 690 g/mol. The standard InChI is InChI=1S/C38H54N6O4S/c39-29-13-15-30(16-14-29)42-32-23-31(32)27-11-9-26(10-12-27)28-5-3-4-25(22-28)8-17-36(46)41-19-21-48-20-18-40-35(45)7-2-1-6-34-37-33(24-49-34)43-38(47)44-37/h3-5,9-12,22,29-34,37,42H,1-2,6-8,13-21,23-24,39H2,(H,40,45)(H,41,46)(H2,43,44,47)/t29?,30?,31?,32-,33+,34+,37+/m1/s1. The first-order valence-electron chi connectivity index (χ1n) is 18.4. The van der Waals surface area contributed by atoms with E-state index in [1.165, 1.54) is 36.0 Å². The molecule has 49 heavy (non-hydrogen) atoms. The van der Waals surface area contributed by atoms with Crippen molar-refractivity contribution in [3.05, 3.63) is 59.7 Å². The first-order chi connectivity index (χ1) is 23.9. The van der Waals surface area contributed by atoms with Gasteiger partial charge in [-0.1, -0.05) is 55.0 Å². The molecule has 0 spiro atoms. The molecular formula is C38H54N6O4S. The first-order valence-corrected chi connectivity index (χ1v) is 19.5. The van der Waals surface area contributed by atoms with Crippen LogP contribution >= 0.6 is 11.8 Å². The number of hydrogen-bond donors (Lipinski definition) is 6. The molecule has 2 aromatic carbocycles. The maximum Gasteiger partial charge on any atom is 0.315 e. The zero-order chi connectivity index (χ0) is 34.0. The molecule has 2 aliphatic carbocycles. The van der Waals surface area contributed by atoms with Crippen LogP contribution in [0, 0.1) is 0 Å². The van der Waals surface area contributed by atoms with Crippen molar-refractivity contribution in [2.24, 2.45) is 5.73 Å². The molecule has 5 atom stereocenters. The summed E-state index contributed by atoms with van der Waals surface area (Å²) in [5, 5.41) is 16.1. The number of rotatable bonds is 18. The second-order valence-electron chi connectivity index (χ2n) is 14.2. The van der Waals surface area contributed by atoms with Crippen LogP contribution in [0.5, 0.6) is 0 Å². The van der Waals surface area contributed by atoms with Crippen LogP contribution in [0.2, 0.25) is 0 Å². The molecule has 4 aliphatic rings. The zero-order valence-corrected chi connectivity index (χ0v) is 29.4. The van der Waals surface area contributed by atoms with E-state index in [1.54, 1.807) is 0 Å². The molecule has 2 heterocycles. The zero-order valence-electron chi connectivity index (χ0n) is 28.6. The van der Waals surface area contributed by atoms with Crippen molar-refractivity contribution in [3.63, 3.8) is 0 Å². The van der Waals surface area contributed by atoms with Crippen LogP contribution in [0.15, 0.2) is 48.5 Å². The fourth-order valence-corrected chi connectivity index (χ4v) is 9.04. The average Bonchev–Trinajstić information content (AvgIpc) is 3.63. The maximum atomic E-state index is 12.4. The van der Waals surface area contributed by atoms with Crippen LogP contribution < -0.4 is 32.3 Å². The number of ether oxygens (including phenoxy) is 1. The summed E-state index contributed by atoms with van der Waals surface area (Å²) >= 11 is 1.90. The number of unbranched alkanes of at least 4 members (excludes halogenated alkanes) is 1. The summed E-state index contributed by atoms with van der Waals surface area (Å²) in [5.41, 5.74) is 11.0. The van der Waals surface area contributed by atoms with Crippen molar-refractivity contribution in [1.82, 2.24) is 26.6 Å². The third-order valence-electron chi connectivity index (χ3n) is 10.5. The Morgan fingerprint density at radius 2 is 1.65 bits per heavy atom. The summed E-state index contributed by atoms with van der Waals surface area (Å²) in [6.07, 6.45) is 10.3. The van der Waals surface area contributed by atoms with E-state index in [9.17, 15) is 14.4 Å². The molecule has 2 saturated carbocycles. The topological polar surface area (TPSA) is 147 Å². The largest absolute Gasteiger partial charge is 0.378 e. The van der Waals surface area contributed by atoms with Gasteiger partial charge in [-0.2, -0.15) is 11.8 Å². The quantitative estimate of drug-likeness (QED) is 0.103. The Bertz CT molecular complexity index is 1400. The highest BCUT2D eigenvalue weighted by Gasteiger charge is 2.42. The van der Waals surface area contributed by atoms with Crippen molar-refractivity contribution in [1.29, 1.82) is 0 Å². The summed E-state index contributed by atoms with van der Waals surface area (Å²) in [6, 6.07) is 19.5. The molecule has 2 aliphatic heterocycles. The summed E-state index contributed by atoms with van der Waals surface area (Å²) < 4.78 is 5.59. The number of carbonyl (C=O) groups excluding carboxylic acids is 3. The molecule has 0 radical (unpaired) electrons. The highest BCUT2D eigenvalue weighted by Crippen LogP contribution is 2.42. The molecular weight excluding hydrogens is 637 g/mol. The lowest BCUT2D eigenvalue weighted by Gasteiger charge is -2.27. The fourth-order valence-electron chi connectivity index (χ4n) is 7.50. The third kappa shape index (κ3) is 10.7. The van der Waals surface area contributed by atoms with Crippen LogP contribution in [0.1, 0.15) is 81.3 Å². The van der Waals surface area contributed by atoms with Crippen LogP contribution in [0.25, 0.3) is 11.1 Å². The lowest BCUT2D eigenvalue weighted by molar-refractivity contribution is -0.121. The van der Waals surface area contributed by atoms with E-state index >= 15 is 0 Å². The predicted molar refractivity (Wildman–Crippen MR) is 196 cm³/mol. The van der Waals surface area contributed by atoms with Crippen LogP contribution in [0.3, 0.4) is 0 Å². The molecule has 0 bridgehead atoms. The molecule has 2 saturated heterocycles. The number of hydrogen-bond acceptors (Lipinski definition) is 7. The molecule has 4 amide bonds. The molecule has 2 aromatic rings. The molecule has 4 fully saturated rings. The van der Waals surface area contributed by atoms with Gasteiger partial charge >= 0.3 is 6.03 Å². The molecule has 266 valence electrons. The lowest BCUT2D eigenvalue weighted by Crippen LogP contribution is -2.38. The maximum absolute atomic E-state index is 12.4. The Balaban J connectivity index is 0.786. The lowest BCUT2D eigenvalue weighted by atomic mass is 9.91. The van der Waals surface area contributed by atoms with Gasteiger partial charge in [-0.3, -0.25) is 9.59 Å². The van der Waals surface area contributed by atoms with E-state index in [1.807, 2.05) is 11.8 Å². The molecule has 10 nitrogen and oxygen atoms in total. The Labute approximate surface area is 295 Å². The number of benzene rings is 2. The minimum absolute atomic E-state index is 0.00780. The van der Waals surface area contributed by atoms with Gasteiger partial charge in [0.05, 0.1) is 25.3 Å². The number of nitrogens with one attached hydrogen (secondary N) is 5. The van der Waals surface area contributed by atoms with E-state index in [0.717, 1.165) is 43.4 Å². The van der Waals surface area contributed by atoms with Crippen molar-refractivity contribution in [2.75, 3.05) is 32.1 Å². The molecule has 7 N–H and O–H groups in total. The van der Waals surface area contributed by atoms with Crippen LogP contribution in [0.4, 0.5) is 4.79 Å². The molecule has 0 aromatic heterocycles. The van der Waals surface area contributed by atoms with E-state index in [2.05, 4.69) is 75.1 Å². The Morgan fingerprint density at radius 1 is 0.898 bits per heavy atom. The predicted octanol–water partition coefficient (Wildman–Crippen LogP) is 3.98. The number of amides is 4. The van der Waals surface area contributed by atoms with Gasteiger partial charge in [0, 0.05) is 61.0 Å². The van der Waals surface area contributed by atoms with E-state index < -0.39 is 0 Å². The van der Waals surface area contributed by atoms with Gasteiger partial charge in [0.2, 0.25) is 11.8 Å². The normalized spacial score (nSPS) is 27.2. The van der Waals surface area contributed by atoms with Crippen LogP contribution in [-0.4, -0.2) is 85.4 Å². The third-order valence-corrected chi connectivity index (χ3v) is 12.0. The number of nitrogens with two attached hydrogens (primary N) is 1. The highest BCUT2D eigenvalue weighted by molar-refractivity contribution is 8.00. The van der Waals surface area contributed by atoms with Gasteiger partial charge in [-0.15, -0.1) is 0 Å². The molecule has 6 rings (SSSR count).